The van der Waals surface area contributed by atoms with E-state index in [0.717, 1.165) is 6.33 Å². The highest BCUT2D eigenvalue weighted by atomic mass is 79.9. The van der Waals surface area contributed by atoms with E-state index in [2.05, 4.69) is 30.6 Å². The molecule has 0 aliphatic rings. The first-order valence-corrected chi connectivity index (χ1v) is 3.87. The van der Waals surface area contributed by atoms with Gasteiger partial charge in [-0.1, -0.05) is 0 Å². The molecule has 3 nitrogen and oxygen atoms in total. The molecule has 0 atom stereocenters. The van der Waals surface area contributed by atoms with Gasteiger partial charge in [0, 0.05) is 0 Å². The van der Waals surface area contributed by atoms with Gasteiger partial charge in [0.15, 0.2) is 5.69 Å². The van der Waals surface area contributed by atoms with Crippen LogP contribution in [-0.2, 0) is 6.18 Å². The molecular weight excluding hydrogens is 253 g/mol. The first-order valence-electron chi connectivity index (χ1n) is 3.08. The van der Waals surface area contributed by atoms with Crippen LogP contribution in [0.1, 0.15) is 5.69 Å². The number of aromatic nitrogens is 2. The molecule has 0 amide bonds. The second-order valence-electron chi connectivity index (χ2n) is 2.04. The Bertz CT molecular complexity index is 315. The molecule has 13 heavy (non-hydrogen) atoms. The van der Waals surface area contributed by atoms with E-state index in [-0.39, 0.29) is 10.4 Å². The second kappa shape index (κ2) is 3.49. The molecule has 0 saturated heterocycles. The molecule has 1 aromatic rings. The molecule has 0 aliphatic carbocycles. The van der Waals surface area contributed by atoms with Gasteiger partial charge in [0.05, 0.1) is 7.11 Å². The lowest BCUT2D eigenvalue weighted by molar-refractivity contribution is -0.142. The molecule has 7 heteroatoms. The SMILES string of the molecule is COc1ncnc(C(F)(F)F)c1Br. The fourth-order valence-corrected chi connectivity index (χ4v) is 1.29. The number of ether oxygens (including phenoxy) is 1. The van der Waals surface area contributed by atoms with Crippen LogP contribution in [0.15, 0.2) is 10.8 Å². The Kier molecular flexibility index (Phi) is 2.74. The van der Waals surface area contributed by atoms with Gasteiger partial charge >= 0.3 is 6.18 Å². The molecule has 0 aliphatic heterocycles. The average molecular weight is 257 g/mol. The Morgan fingerprint density at radius 3 is 2.46 bits per heavy atom. The highest BCUT2D eigenvalue weighted by Crippen LogP contribution is 2.36. The number of hydrogen-bond acceptors (Lipinski definition) is 3. The maximum atomic E-state index is 12.2. The van der Waals surface area contributed by atoms with Crippen molar-refractivity contribution in [2.75, 3.05) is 7.11 Å². The molecule has 1 heterocycles. The maximum Gasteiger partial charge on any atom is 0.434 e. The van der Waals surface area contributed by atoms with E-state index in [1.807, 2.05) is 0 Å². The molecule has 0 unspecified atom stereocenters. The van der Waals surface area contributed by atoms with Crippen LogP contribution >= 0.6 is 15.9 Å². The van der Waals surface area contributed by atoms with Crippen molar-refractivity contribution in [3.05, 3.63) is 16.5 Å². The average Bonchev–Trinajstić information content (AvgIpc) is 2.02. The number of alkyl halides is 3. The van der Waals surface area contributed by atoms with Crippen LogP contribution in [0.4, 0.5) is 13.2 Å². The van der Waals surface area contributed by atoms with Gasteiger partial charge in [-0.3, -0.25) is 0 Å². The van der Waals surface area contributed by atoms with Crippen LogP contribution in [0.25, 0.3) is 0 Å². The molecule has 0 aromatic carbocycles. The Labute approximate surface area is 80.1 Å². The summed E-state index contributed by atoms with van der Waals surface area (Å²) >= 11 is 2.71. The predicted molar refractivity (Wildman–Crippen MR) is 41.3 cm³/mol. The molecule has 1 rings (SSSR count). The fraction of sp³-hybridized carbons (Fsp3) is 0.333. The molecular formula is C6H4BrF3N2O. The summed E-state index contributed by atoms with van der Waals surface area (Å²) in [4.78, 5) is 6.59. The summed E-state index contributed by atoms with van der Waals surface area (Å²) in [5.74, 6) is -0.137. The van der Waals surface area contributed by atoms with Gasteiger partial charge in [0.1, 0.15) is 10.8 Å². The summed E-state index contributed by atoms with van der Waals surface area (Å²) in [5, 5.41) is 0. The summed E-state index contributed by atoms with van der Waals surface area (Å²) < 4.78 is 40.9. The lowest BCUT2D eigenvalue weighted by Gasteiger charge is -2.08. The van der Waals surface area contributed by atoms with E-state index in [9.17, 15) is 13.2 Å². The van der Waals surface area contributed by atoms with Gasteiger partial charge in [0.2, 0.25) is 5.88 Å². The second-order valence-corrected chi connectivity index (χ2v) is 2.84. The van der Waals surface area contributed by atoms with Gasteiger partial charge in [-0.15, -0.1) is 0 Å². The Morgan fingerprint density at radius 1 is 1.38 bits per heavy atom. The highest BCUT2D eigenvalue weighted by molar-refractivity contribution is 9.10. The molecule has 0 bridgehead atoms. The number of rotatable bonds is 1. The van der Waals surface area contributed by atoms with Crippen LogP contribution in [0.5, 0.6) is 5.88 Å². The van der Waals surface area contributed by atoms with Crippen molar-refractivity contribution >= 4 is 15.9 Å². The molecule has 1 aromatic heterocycles. The van der Waals surface area contributed by atoms with Crippen LogP contribution < -0.4 is 4.74 Å². The summed E-state index contributed by atoms with van der Waals surface area (Å²) in [6.07, 6.45) is -3.71. The smallest absolute Gasteiger partial charge is 0.434 e. The van der Waals surface area contributed by atoms with Gasteiger partial charge in [-0.25, -0.2) is 9.97 Å². The number of hydrogen-bond donors (Lipinski definition) is 0. The van der Waals surface area contributed by atoms with Crippen LogP contribution in [0.3, 0.4) is 0 Å². The molecule has 0 saturated carbocycles. The molecule has 0 fully saturated rings. The monoisotopic (exact) mass is 256 g/mol. The topological polar surface area (TPSA) is 35.0 Å². The summed E-state index contributed by atoms with van der Waals surface area (Å²) in [6, 6.07) is 0. The molecule has 0 radical (unpaired) electrons. The minimum atomic E-state index is -4.50. The van der Waals surface area contributed by atoms with E-state index in [1.54, 1.807) is 0 Å². The van der Waals surface area contributed by atoms with E-state index >= 15 is 0 Å². The van der Waals surface area contributed by atoms with Crippen molar-refractivity contribution in [3.63, 3.8) is 0 Å². The van der Waals surface area contributed by atoms with Crippen LogP contribution in [0, 0.1) is 0 Å². The van der Waals surface area contributed by atoms with Gasteiger partial charge in [0.25, 0.3) is 0 Å². The Balaban J connectivity index is 3.24. The molecule has 72 valence electrons. The summed E-state index contributed by atoms with van der Waals surface area (Å²) in [5.41, 5.74) is -1.04. The first kappa shape index (κ1) is 10.2. The van der Waals surface area contributed by atoms with E-state index in [4.69, 9.17) is 0 Å². The highest BCUT2D eigenvalue weighted by Gasteiger charge is 2.36. The van der Waals surface area contributed by atoms with Gasteiger partial charge in [-0.2, -0.15) is 13.2 Å². The largest absolute Gasteiger partial charge is 0.480 e. The number of nitrogens with zero attached hydrogens (tertiary/aromatic N) is 2. The van der Waals surface area contributed by atoms with Crippen LogP contribution in [0.2, 0.25) is 0 Å². The van der Waals surface area contributed by atoms with Gasteiger partial charge < -0.3 is 4.74 Å². The van der Waals surface area contributed by atoms with Crippen LogP contribution in [-0.4, -0.2) is 17.1 Å². The van der Waals surface area contributed by atoms with Crippen molar-refractivity contribution in [2.24, 2.45) is 0 Å². The van der Waals surface area contributed by atoms with Crippen molar-refractivity contribution in [2.45, 2.75) is 6.18 Å². The first-order chi connectivity index (χ1) is 5.96. The zero-order chi connectivity index (χ0) is 10.1. The molecule has 0 N–H and O–H groups in total. The zero-order valence-electron chi connectivity index (χ0n) is 6.39. The maximum absolute atomic E-state index is 12.2. The number of halogens is 4. The quantitative estimate of drug-likeness (QED) is 0.774. The number of methoxy groups -OCH3 is 1. The normalized spacial score (nSPS) is 11.5. The minimum Gasteiger partial charge on any atom is -0.480 e. The lowest BCUT2D eigenvalue weighted by atomic mass is 10.4. The van der Waals surface area contributed by atoms with Crippen molar-refractivity contribution in [1.29, 1.82) is 0 Å². The third kappa shape index (κ3) is 2.09. The van der Waals surface area contributed by atoms with Crippen molar-refractivity contribution in [3.8, 4) is 5.88 Å². The van der Waals surface area contributed by atoms with Crippen molar-refractivity contribution in [1.82, 2.24) is 9.97 Å². The molecule has 0 spiro atoms. The zero-order valence-corrected chi connectivity index (χ0v) is 7.98. The minimum absolute atomic E-state index is 0.137. The van der Waals surface area contributed by atoms with Crippen molar-refractivity contribution < 1.29 is 17.9 Å². The Morgan fingerprint density at radius 2 is 2.00 bits per heavy atom. The third-order valence-electron chi connectivity index (χ3n) is 1.22. The standard InChI is InChI=1S/C6H4BrF3N2O/c1-13-5-3(7)4(6(8,9)10)11-2-12-5/h2H,1H3. The van der Waals surface area contributed by atoms with Gasteiger partial charge in [-0.05, 0) is 15.9 Å². The lowest BCUT2D eigenvalue weighted by Crippen LogP contribution is -2.10. The van der Waals surface area contributed by atoms with E-state index in [1.165, 1.54) is 7.11 Å². The third-order valence-corrected chi connectivity index (χ3v) is 1.93. The predicted octanol–water partition coefficient (Wildman–Crippen LogP) is 2.27. The Hall–Kier alpha value is -0.850. The fourth-order valence-electron chi connectivity index (χ4n) is 0.694. The van der Waals surface area contributed by atoms with E-state index in [0.29, 0.717) is 0 Å². The van der Waals surface area contributed by atoms with E-state index < -0.39 is 11.9 Å². The summed E-state index contributed by atoms with van der Waals surface area (Å²) in [7, 11) is 1.23. The summed E-state index contributed by atoms with van der Waals surface area (Å²) in [6.45, 7) is 0.